The Morgan fingerprint density at radius 2 is 1.85 bits per heavy atom. The minimum absolute atomic E-state index is 0.0249. The predicted octanol–water partition coefficient (Wildman–Crippen LogP) is 2.80. The molecule has 0 saturated carbocycles. The number of aryl methyl sites for hydroxylation is 1. The van der Waals surface area contributed by atoms with E-state index in [-0.39, 0.29) is 17.4 Å². The second kappa shape index (κ2) is 8.77. The Kier molecular flexibility index (Phi) is 6.45. The summed E-state index contributed by atoms with van der Waals surface area (Å²) < 4.78 is 10.4. The van der Waals surface area contributed by atoms with Gasteiger partial charge >= 0.3 is 0 Å². The van der Waals surface area contributed by atoms with Gasteiger partial charge < -0.3 is 14.8 Å². The molecule has 2 rings (SSSR count). The van der Waals surface area contributed by atoms with Crippen LogP contribution in [-0.2, 0) is 4.79 Å². The summed E-state index contributed by atoms with van der Waals surface area (Å²) in [6.45, 7) is 1.53. The number of hydrogen-bond donors (Lipinski definition) is 2. The number of anilines is 1. The highest BCUT2D eigenvalue weighted by atomic mass is 32.1. The maximum atomic E-state index is 11.9. The standard InChI is InChI=1S/C17H17N3O5S/c1-11-3-4-12(20(22)23)9-15(11)18-17(26)19-16(21)10-25-14-7-5-13(24-2)6-8-14/h3-9H,10H2,1-2H3,(H2,18,19,21,26). The Bertz CT molecular complexity index is 824. The van der Waals surface area contributed by atoms with E-state index in [9.17, 15) is 14.9 Å². The zero-order chi connectivity index (χ0) is 19.1. The molecule has 1 amide bonds. The van der Waals surface area contributed by atoms with Crippen molar-refractivity contribution in [2.24, 2.45) is 0 Å². The molecule has 0 bridgehead atoms. The average molecular weight is 375 g/mol. The molecule has 2 aromatic rings. The highest BCUT2D eigenvalue weighted by Crippen LogP contribution is 2.21. The van der Waals surface area contributed by atoms with E-state index in [1.54, 1.807) is 44.4 Å². The molecular weight excluding hydrogens is 358 g/mol. The summed E-state index contributed by atoms with van der Waals surface area (Å²) >= 11 is 5.06. The molecule has 8 nitrogen and oxygen atoms in total. The number of nitro groups is 1. The third kappa shape index (κ3) is 5.42. The Hall–Kier alpha value is -3.20. The maximum absolute atomic E-state index is 11.9. The number of benzene rings is 2. The smallest absolute Gasteiger partial charge is 0.271 e. The summed E-state index contributed by atoms with van der Waals surface area (Å²) in [5, 5.41) is 16.1. The minimum Gasteiger partial charge on any atom is -0.497 e. The van der Waals surface area contributed by atoms with Crippen LogP contribution in [0.25, 0.3) is 0 Å². The van der Waals surface area contributed by atoms with Crippen LogP contribution in [0.5, 0.6) is 11.5 Å². The van der Waals surface area contributed by atoms with E-state index < -0.39 is 10.8 Å². The van der Waals surface area contributed by atoms with Crippen LogP contribution in [0.4, 0.5) is 11.4 Å². The predicted molar refractivity (Wildman–Crippen MR) is 101 cm³/mol. The lowest BCUT2D eigenvalue weighted by atomic mass is 10.2. The van der Waals surface area contributed by atoms with Crippen molar-refractivity contribution >= 4 is 34.6 Å². The number of rotatable bonds is 6. The van der Waals surface area contributed by atoms with Crippen molar-refractivity contribution in [1.82, 2.24) is 5.32 Å². The molecule has 136 valence electrons. The van der Waals surface area contributed by atoms with E-state index in [0.717, 1.165) is 5.56 Å². The Morgan fingerprint density at radius 1 is 1.19 bits per heavy atom. The van der Waals surface area contributed by atoms with Crippen LogP contribution in [-0.4, -0.2) is 29.7 Å². The first kappa shape index (κ1) is 19.1. The van der Waals surface area contributed by atoms with Crippen LogP contribution in [0.3, 0.4) is 0 Å². The molecule has 2 aromatic carbocycles. The van der Waals surface area contributed by atoms with Crippen molar-refractivity contribution in [2.45, 2.75) is 6.92 Å². The quantitative estimate of drug-likeness (QED) is 0.455. The number of nitrogens with one attached hydrogen (secondary N) is 2. The summed E-state index contributed by atoms with van der Waals surface area (Å²) in [6.07, 6.45) is 0. The van der Waals surface area contributed by atoms with E-state index in [0.29, 0.717) is 17.2 Å². The Morgan fingerprint density at radius 3 is 2.46 bits per heavy atom. The molecule has 0 aliphatic heterocycles. The van der Waals surface area contributed by atoms with Crippen LogP contribution in [0.2, 0.25) is 0 Å². The molecule has 9 heteroatoms. The van der Waals surface area contributed by atoms with Gasteiger partial charge in [0.25, 0.3) is 11.6 Å². The molecule has 0 fully saturated rings. The van der Waals surface area contributed by atoms with Gasteiger partial charge in [-0.15, -0.1) is 0 Å². The number of nitro benzene ring substituents is 1. The van der Waals surface area contributed by atoms with Crippen molar-refractivity contribution in [1.29, 1.82) is 0 Å². The molecule has 0 aromatic heterocycles. The van der Waals surface area contributed by atoms with Crippen LogP contribution in [0.1, 0.15) is 5.56 Å². The number of nitrogens with zero attached hydrogens (tertiary/aromatic N) is 1. The van der Waals surface area contributed by atoms with Crippen LogP contribution < -0.4 is 20.1 Å². The topological polar surface area (TPSA) is 103 Å². The van der Waals surface area contributed by atoms with Gasteiger partial charge in [-0.05, 0) is 49.0 Å². The third-order valence-electron chi connectivity index (χ3n) is 3.36. The van der Waals surface area contributed by atoms with Gasteiger partial charge in [0.1, 0.15) is 11.5 Å². The number of carbonyl (C=O) groups excluding carboxylic acids is 1. The molecule has 0 spiro atoms. The zero-order valence-corrected chi connectivity index (χ0v) is 15.0. The summed E-state index contributed by atoms with van der Waals surface area (Å²) in [6, 6.07) is 11.1. The number of amides is 1. The lowest BCUT2D eigenvalue weighted by Gasteiger charge is -2.12. The van der Waals surface area contributed by atoms with Gasteiger partial charge in [0.15, 0.2) is 11.7 Å². The molecule has 0 aliphatic carbocycles. The van der Waals surface area contributed by atoms with Gasteiger partial charge in [0.05, 0.1) is 12.0 Å². The SMILES string of the molecule is COc1ccc(OCC(=O)NC(=S)Nc2cc([N+](=O)[O-])ccc2C)cc1. The lowest BCUT2D eigenvalue weighted by molar-refractivity contribution is -0.384. The van der Waals surface area contributed by atoms with Crippen molar-refractivity contribution < 1.29 is 19.2 Å². The van der Waals surface area contributed by atoms with Crippen molar-refractivity contribution in [3.05, 3.63) is 58.1 Å². The number of carbonyl (C=O) groups is 1. The zero-order valence-electron chi connectivity index (χ0n) is 14.1. The largest absolute Gasteiger partial charge is 0.497 e. The van der Waals surface area contributed by atoms with Gasteiger partial charge in [0, 0.05) is 17.8 Å². The third-order valence-corrected chi connectivity index (χ3v) is 3.57. The van der Waals surface area contributed by atoms with Crippen molar-refractivity contribution in [3.63, 3.8) is 0 Å². The maximum Gasteiger partial charge on any atom is 0.271 e. The van der Waals surface area contributed by atoms with Gasteiger partial charge in [0.2, 0.25) is 0 Å². The number of methoxy groups -OCH3 is 1. The fraction of sp³-hybridized carbons (Fsp3) is 0.176. The number of hydrogen-bond acceptors (Lipinski definition) is 6. The van der Waals surface area contributed by atoms with Crippen molar-refractivity contribution in [3.8, 4) is 11.5 Å². The Labute approximate surface area is 155 Å². The first-order chi connectivity index (χ1) is 12.4. The van der Waals surface area contributed by atoms with Gasteiger partial charge in [-0.2, -0.15) is 0 Å². The molecule has 0 saturated heterocycles. The fourth-order valence-corrected chi connectivity index (χ4v) is 2.22. The minimum atomic E-state index is -0.505. The molecule has 0 unspecified atom stereocenters. The molecule has 26 heavy (non-hydrogen) atoms. The monoisotopic (exact) mass is 375 g/mol. The molecule has 2 N–H and O–H groups in total. The van der Waals surface area contributed by atoms with E-state index in [1.165, 1.54) is 12.1 Å². The number of thiocarbonyl (C=S) groups is 1. The second-order valence-corrected chi connectivity index (χ2v) is 5.63. The van der Waals surface area contributed by atoms with Crippen LogP contribution in [0, 0.1) is 17.0 Å². The molecule has 0 atom stereocenters. The molecular formula is C17H17N3O5S. The van der Waals surface area contributed by atoms with E-state index >= 15 is 0 Å². The molecule has 0 heterocycles. The highest BCUT2D eigenvalue weighted by molar-refractivity contribution is 7.80. The van der Waals surface area contributed by atoms with Gasteiger partial charge in [-0.1, -0.05) is 6.07 Å². The summed E-state index contributed by atoms with van der Waals surface area (Å²) in [5.74, 6) is 0.732. The van der Waals surface area contributed by atoms with Crippen LogP contribution in [0.15, 0.2) is 42.5 Å². The van der Waals surface area contributed by atoms with E-state index in [1.807, 2.05) is 0 Å². The number of non-ortho nitro benzene ring substituents is 1. The first-order valence-corrected chi connectivity index (χ1v) is 7.92. The average Bonchev–Trinajstić information content (AvgIpc) is 2.62. The normalized spacial score (nSPS) is 9.92. The summed E-state index contributed by atoms with van der Waals surface area (Å²) in [5.41, 5.74) is 1.12. The van der Waals surface area contributed by atoms with Crippen molar-refractivity contribution in [2.75, 3.05) is 19.0 Å². The first-order valence-electron chi connectivity index (χ1n) is 7.52. The summed E-state index contributed by atoms with van der Waals surface area (Å²) in [4.78, 5) is 22.2. The summed E-state index contributed by atoms with van der Waals surface area (Å²) in [7, 11) is 1.56. The van der Waals surface area contributed by atoms with E-state index in [4.69, 9.17) is 21.7 Å². The second-order valence-electron chi connectivity index (χ2n) is 5.22. The lowest BCUT2D eigenvalue weighted by Crippen LogP contribution is -2.37. The molecule has 0 aliphatic rings. The Balaban J connectivity index is 1.87. The molecule has 0 radical (unpaired) electrons. The highest BCUT2D eigenvalue weighted by Gasteiger charge is 2.11. The van der Waals surface area contributed by atoms with E-state index in [2.05, 4.69) is 10.6 Å². The van der Waals surface area contributed by atoms with Gasteiger partial charge in [-0.3, -0.25) is 20.2 Å². The fourth-order valence-electron chi connectivity index (χ4n) is 2.00. The van der Waals surface area contributed by atoms with Crippen LogP contribution >= 0.6 is 12.2 Å². The number of ether oxygens (including phenoxy) is 2. The van der Waals surface area contributed by atoms with Gasteiger partial charge in [-0.25, -0.2) is 0 Å².